The summed E-state index contributed by atoms with van der Waals surface area (Å²) in [7, 11) is -3.48. The second-order valence-electron chi connectivity index (χ2n) is 4.26. The Bertz CT molecular complexity index is 692. The lowest BCUT2D eigenvalue weighted by Crippen LogP contribution is -2.23. The highest BCUT2D eigenvalue weighted by Gasteiger charge is 2.17. The average molecular weight is 360 g/mol. The van der Waals surface area contributed by atoms with Crippen molar-refractivity contribution in [1.82, 2.24) is 4.72 Å². The highest BCUT2D eigenvalue weighted by Crippen LogP contribution is 2.21. The van der Waals surface area contributed by atoms with Crippen LogP contribution >= 0.6 is 27.3 Å². The smallest absolute Gasteiger partial charge is 0.207 e. The van der Waals surface area contributed by atoms with Crippen LogP contribution in [0.25, 0.3) is 0 Å². The molecule has 0 aliphatic heterocycles. The minimum absolute atomic E-state index is 0.316. The fourth-order valence-corrected chi connectivity index (χ4v) is 4.40. The Morgan fingerprint density at radius 3 is 2.58 bits per heavy atom. The molecule has 3 nitrogen and oxygen atoms in total. The number of hydrogen-bond donors (Lipinski definition) is 1. The van der Waals surface area contributed by atoms with Crippen LogP contribution in [0, 0.1) is 13.8 Å². The number of benzene rings is 1. The second-order valence-corrected chi connectivity index (χ2v) is 7.91. The zero-order chi connectivity index (χ0) is 14.0. The van der Waals surface area contributed by atoms with E-state index in [9.17, 15) is 8.42 Å². The van der Waals surface area contributed by atoms with E-state index in [-0.39, 0.29) is 0 Å². The Labute approximate surface area is 125 Å². The van der Waals surface area contributed by atoms with Gasteiger partial charge in [-0.2, -0.15) is 0 Å². The molecule has 0 spiro atoms. The predicted molar refractivity (Wildman–Crippen MR) is 82.0 cm³/mol. The third kappa shape index (κ3) is 3.45. The fraction of sp³-hybridized carbons (Fsp3) is 0.231. The summed E-state index contributed by atoms with van der Waals surface area (Å²) < 4.78 is 28.0. The molecule has 2 aromatic rings. The molecule has 0 unspecified atom stereocenters. The van der Waals surface area contributed by atoms with E-state index >= 15 is 0 Å². The molecular weight excluding hydrogens is 346 g/mol. The van der Waals surface area contributed by atoms with Gasteiger partial charge in [0.05, 0.1) is 4.90 Å². The Hall–Kier alpha value is -0.690. The molecule has 2 rings (SSSR count). The molecule has 1 heterocycles. The van der Waals surface area contributed by atoms with E-state index in [2.05, 4.69) is 20.7 Å². The minimum atomic E-state index is -3.48. The maximum absolute atomic E-state index is 12.3. The summed E-state index contributed by atoms with van der Waals surface area (Å²) in [6.45, 7) is 4.10. The molecule has 0 fully saturated rings. The van der Waals surface area contributed by atoms with Gasteiger partial charge in [-0.05, 0) is 48.6 Å². The van der Waals surface area contributed by atoms with Gasteiger partial charge in [0.25, 0.3) is 0 Å². The quantitative estimate of drug-likeness (QED) is 0.906. The van der Waals surface area contributed by atoms with Crippen LogP contribution in [-0.2, 0) is 16.6 Å². The van der Waals surface area contributed by atoms with Crippen molar-refractivity contribution in [2.45, 2.75) is 25.3 Å². The Balaban J connectivity index is 2.23. The molecule has 0 saturated heterocycles. The molecule has 19 heavy (non-hydrogen) atoms. The van der Waals surface area contributed by atoms with Gasteiger partial charge in [-0.1, -0.05) is 22.0 Å². The van der Waals surface area contributed by atoms with Crippen LogP contribution in [0.2, 0.25) is 0 Å². The first-order chi connectivity index (χ1) is 8.90. The van der Waals surface area contributed by atoms with Crippen molar-refractivity contribution < 1.29 is 8.42 Å². The predicted octanol–water partition coefficient (Wildman–Crippen LogP) is 3.61. The van der Waals surface area contributed by atoms with E-state index in [1.54, 1.807) is 30.4 Å². The SMILES string of the molecule is Cc1ccc(Br)cc1S(=O)(=O)NCc1sccc1C. The van der Waals surface area contributed by atoms with Gasteiger partial charge in [0.2, 0.25) is 10.0 Å². The first kappa shape index (κ1) is 14.7. The van der Waals surface area contributed by atoms with Crippen molar-refractivity contribution in [2.24, 2.45) is 0 Å². The maximum atomic E-state index is 12.3. The van der Waals surface area contributed by atoms with Crippen LogP contribution in [0.1, 0.15) is 16.0 Å². The van der Waals surface area contributed by atoms with E-state index in [0.717, 1.165) is 20.5 Å². The number of nitrogens with one attached hydrogen (secondary N) is 1. The largest absolute Gasteiger partial charge is 0.241 e. The number of hydrogen-bond acceptors (Lipinski definition) is 3. The summed E-state index contributed by atoms with van der Waals surface area (Å²) in [5.74, 6) is 0. The zero-order valence-corrected chi connectivity index (χ0v) is 13.8. The second kappa shape index (κ2) is 5.75. The molecule has 1 N–H and O–H groups in total. The highest BCUT2D eigenvalue weighted by molar-refractivity contribution is 9.10. The number of sulfonamides is 1. The van der Waals surface area contributed by atoms with Crippen LogP contribution in [0.5, 0.6) is 0 Å². The Morgan fingerprint density at radius 2 is 1.95 bits per heavy atom. The monoisotopic (exact) mass is 359 g/mol. The lowest BCUT2D eigenvalue weighted by Gasteiger charge is -2.09. The van der Waals surface area contributed by atoms with Gasteiger partial charge in [-0.15, -0.1) is 11.3 Å². The van der Waals surface area contributed by atoms with Gasteiger partial charge in [-0.3, -0.25) is 0 Å². The molecule has 0 saturated carbocycles. The first-order valence-electron chi connectivity index (χ1n) is 5.69. The summed E-state index contributed by atoms with van der Waals surface area (Å²) in [4.78, 5) is 1.35. The van der Waals surface area contributed by atoms with Crippen LogP contribution in [-0.4, -0.2) is 8.42 Å². The average Bonchev–Trinajstić information content (AvgIpc) is 2.75. The fourth-order valence-electron chi connectivity index (χ4n) is 1.69. The van der Waals surface area contributed by atoms with Gasteiger partial charge in [0.1, 0.15) is 0 Å². The number of rotatable bonds is 4. The maximum Gasteiger partial charge on any atom is 0.241 e. The van der Waals surface area contributed by atoms with E-state index in [4.69, 9.17) is 0 Å². The molecule has 0 atom stereocenters. The van der Waals surface area contributed by atoms with Crippen molar-refractivity contribution in [1.29, 1.82) is 0 Å². The normalized spacial score (nSPS) is 11.7. The summed E-state index contributed by atoms with van der Waals surface area (Å²) >= 11 is 4.86. The van der Waals surface area contributed by atoms with Gasteiger partial charge in [0.15, 0.2) is 0 Å². The van der Waals surface area contributed by atoms with Crippen molar-refractivity contribution in [2.75, 3.05) is 0 Å². The summed E-state index contributed by atoms with van der Waals surface area (Å²) in [5, 5.41) is 1.96. The third-order valence-corrected chi connectivity index (χ3v) is 5.89. The molecule has 6 heteroatoms. The van der Waals surface area contributed by atoms with E-state index in [1.807, 2.05) is 24.4 Å². The topological polar surface area (TPSA) is 46.2 Å². The lowest BCUT2D eigenvalue weighted by molar-refractivity contribution is 0.581. The van der Waals surface area contributed by atoms with Gasteiger partial charge in [0, 0.05) is 15.9 Å². The number of thiophene rings is 1. The minimum Gasteiger partial charge on any atom is -0.207 e. The molecule has 0 amide bonds. The molecule has 0 aliphatic rings. The van der Waals surface area contributed by atoms with Crippen LogP contribution in [0.3, 0.4) is 0 Å². The number of aryl methyl sites for hydroxylation is 2. The van der Waals surface area contributed by atoms with Crippen molar-refractivity contribution in [3.63, 3.8) is 0 Å². The van der Waals surface area contributed by atoms with Gasteiger partial charge in [-0.25, -0.2) is 13.1 Å². The van der Waals surface area contributed by atoms with Crippen molar-refractivity contribution in [3.05, 3.63) is 50.1 Å². The summed E-state index contributed by atoms with van der Waals surface area (Å²) in [6.07, 6.45) is 0. The van der Waals surface area contributed by atoms with Crippen molar-refractivity contribution in [3.8, 4) is 0 Å². The van der Waals surface area contributed by atoms with Gasteiger partial charge < -0.3 is 0 Å². The molecule has 1 aromatic carbocycles. The molecule has 0 radical (unpaired) electrons. The summed E-state index contributed by atoms with van der Waals surface area (Å²) in [6, 6.07) is 7.23. The van der Waals surface area contributed by atoms with E-state index in [0.29, 0.717) is 11.4 Å². The molecule has 102 valence electrons. The standard InChI is InChI=1S/C13H14BrNO2S2/c1-9-5-6-18-12(9)8-15-19(16,17)13-7-11(14)4-3-10(13)2/h3-7,15H,8H2,1-2H3. The van der Waals surface area contributed by atoms with Crippen LogP contribution < -0.4 is 4.72 Å². The number of halogens is 1. The molecule has 0 bridgehead atoms. The Morgan fingerprint density at radius 1 is 1.21 bits per heavy atom. The molecule has 1 aromatic heterocycles. The molecular formula is C13H14BrNO2S2. The lowest BCUT2D eigenvalue weighted by atomic mass is 10.2. The third-order valence-electron chi connectivity index (χ3n) is 2.83. The van der Waals surface area contributed by atoms with E-state index in [1.165, 1.54) is 0 Å². The van der Waals surface area contributed by atoms with Crippen LogP contribution in [0.15, 0.2) is 39.0 Å². The zero-order valence-electron chi connectivity index (χ0n) is 10.6. The van der Waals surface area contributed by atoms with E-state index < -0.39 is 10.0 Å². The highest BCUT2D eigenvalue weighted by atomic mass is 79.9. The van der Waals surface area contributed by atoms with Crippen molar-refractivity contribution >= 4 is 37.3 Å². The molecule has 0 aliphatic carbocycles. The van der Waals surface area contributed by atoms with Crippen LogP contribution in [0.4, 0.5) is 0 Å². The Kier molecular flexibility index (Phi) is 4.45. The summed E-state index contributed by atoms with van der Waals surface area (Å²) in [5.41, 5.74) is 1.84. The van der Waals surface area contributed by atoms with Gasteiger partial charge >= 0.3 is 0 Å². The first-order valence-corrected chi connectivity index (χ1v) is 8.84.